The third kappa shape index (κ3) is 2.08. The average molecular weight is 219 g/mol. The molecule has 1 aromatic rings. The van der Waals surface area contributed by atoms with Crippen LogP contribution in [-0.4, -0.2) is 19.0 Å². The second kappa shape index (κ2) is 4.63. The van der Waals surface area contributed by atoms with Gasteiger partial charge in [0.2, 0.25) is 5.91 Å². The molecule has 1 unspecified atom stereocenters. The van der Waals surface area contributed by atoms with Crippen LogP contribution in [0.15, 0.2) is 24.3 Å². The Hall–Kier alpha value is -1.39. The highest BCUT2D eigenvalue weighted by molar-refractivity contribution is 5.96. The van der Waals surface area contributed by atoms with Crippen molar-refractivity contribution in [3.05, 3.63) is 29.8 Å². The molecule has 2 rings (SSSR count). The highest BCUT2D eigenvalue weighted by Crippen LogP contribution is 2.19. The fourth-order valence-electron chi connectivity index (χ4n) is 1.81. The van der Waals surface area contributed by atoms with Gasteiger partial charge in [-0.25, -0.2) is 10.4 Å². The van der Waals surface area contributed by atoms with Gasteiger partial charge in [0, 0.05) is 6.54 Å². The van der Waals surface area contributed by atoms with Gasteiger partial charge >= 0.3 is 0 Å². The molecule has 0 spiro atoms. The molecule has 0 aromatic heterocycles. The fourth-order valence-corrected chi connectivity index (χ4v) is 1.81. The quantitative estimate of drug-likeness (QED) is 0.785. The standard InChI is InChI=1S/C12H17N3O/c1-9-8-14-15(12(9)16)11-4-2-10(3-5-11)6-7-13/h2-5,9,14H,6-8,13H2,1H3. The van der Waals surface area contributed by atoms with Crippen molar-refractivity contribution in [2.75, 3.05) is 18.1 Å². The number of amides is 1. The predicted octanol–water partition coefficient (Wildman–Crippen LogP) is 0.675. The highest BCUT2D eigenvalue weighted by atomic mass is 16.2. The zero-order valence-corrected chi connectivity index (χ0v) is 9.44. The van der Waals surface area contributed by atoms with Crippen molar-refractivity contribution in [1.82, 2.24) is 5.43 Å². The molecule has 0 bridgehead atoms. The monoisotopic (exact) mass is 219 g/mol. The Labute approximate surface area is 95.4 Å². The Morgan fingerprint density at radius 1 is 1.44 bits per heavy atom. The van der Waals surface area contributed by atoms with Gasteiger partial charge in [0.15, 0.2) is 0 Å². The molecule has 3 N–H and O–H groups in total. The number of carbonyl (C=O) groups excluding carboxylic acids is 1. The van der Waals surface area contributed by atoms with Crippen molar-refractivity contribution in [3.63, 3.8) is 0 Å². The molecule has 0 saturated carbocycles. The summed E-state index contributed by atoms with van der Waals surface area (Å²) in [4.78, 5) is 11.8. The summed E-state index contributed by atoms with van der Waals surface area (Å²) in [6.07, 6.45) is 0.873. The average Bonchev–Trinajstić information content (AvgIpc) is 2.62. The van der Waals surface area contributed by atoms with Gasteiger partial charge in [-0.15, -0.1) is 0 Å². The van der Waals surface area contributed by atoms with E-state index in [-0.39, 0.29) is 11.8 Å². The van der Waals surface area contributed by atoms with Crippen LogP contribution in [0.2, 0.25) is 0 Å². The number of nitrogens with one attached hydrogen (secondary N) is 1. The molecule has 4 heteroatoms. The SMILES string of the molecule is CC1CNN(c2ccc(CCN)cc2)C1=O. The van der Waals surface area contributed by atoms with E-state index in [9.17, 15) is 4.79 Å². The summed E-state index contributed by atoms with van der Waals surface area (Å²) in [5.74, 6) is 0.190. The van der Waals surface area contributed by atoms with Gasteiger partial charge in [-0.05, 0) is 30.7 Å². The number of hydrogen-bond donors (Lipinski definition) is 2. The van der Waals surface area contributed by atoms with E-state index in [1.165, 1.54) is 5.56 Å². The molecule has 0 aliphatic carbocycles. The van der Waals surface area contributed by atoms with Crippen LogP contribution in [0.3, 0.4) is 0 Å². The molecule has 4 nitrogen and oxygen atoms in total. The molecule has 86 valence electrons. The zero-order valence-electron chi connectivity index (χ0n) is 9.44. The Morgan fingerprint density at radius 2 is 2.12 bits per heavy atom. The molecule has 1 heterocycles. The molecule has 1 fully saturated rings. The Bertz CT molecular complexity index is 374. The molecule has 1 aliphatic heterocycles. The maximum absolute atomic E-state index is 11.8. The minimum Gasteiger partial charge on any atom is -0.330 e. The van der Waals surface area contributed by atoms with E-state index in [1.54, 1.807) is 5.01 Å². The predicted molar refractivity (Wildman–Crippen MR) is 63.9 cm³/mol. The maximum Gasteiger partial charge on any atom is 0.245 e. The van der Waals surface area contributed by atoms with E-state index in [2.05, 4.69) is 5.43 Å². The van der Waals surface area contributed by atoms with Crippen molar-refractivity contribution in [2.45, 2.75) is 13.3 Å². The first-order chi connectivity index (χ1) is 7.72. The van der Waals surface area contributed by atoms with Crippen molar-refractivity contribution in [2.24, 2.45) is 11.7 Å². The van der Waals surface area contributed by atoms with E-state index in [0.29, 0.717) is 13.1 Å². The number of nitrogens with zero attached hydrogens (tertiary/aromatic N) is 1. The van der Waals surface area contributed by atoms with Crippen LogP contribution in [0, 0.1) is 5.92 Å². The van der Waals surface area contributed by atoms with E-state index in [0.717, 1.165) is 12.1 Å². The lowest BCUT2D eigenvalue weighted by Gasteiger charge is -2.16. The van der Waals surface area contributed by atoms with Gasteiger partial charge in [0.05, 0.1) is 11.6 Å². The van der Waals surface area contributed by atoms with Gasteiger partial charge in [-0.2, -0.15) is 0 Å². The second-order valence-corrected chi connectivity index (χ2v) is 4.14. The van der Waals surface area contributed by atoms with Gasteiger partial charge < -0.3 is 5.73 Å². The van der Waals surface area contributed by atoms with Gasteiger partial charge in [-0.1, -0.05) is 19.1 Å². The first-order valence-electron chi connectivity index (χ1n) is 5.59. The van der Waals surface area contributed by atoms with Crippen molar-refractivity contribution < 1.29 is 4.79 Å². The van der Waals surface area contributed by atoms with Crippen molar-refractivity contribution in [1.29, 1.82) is 0 Å². The molecule has 1 saturated heterocycles. The van der Waals surface area contributed by atoms with Crippen LogP contribution in [0.25, 0.3) is 0 Å². The Kier molecular flexibility index (Phi) is 3.22. The highest BCUT2D eigenvalue weighted by Gasteiger charge is 2.28. The largest absolute Gasteiger partial charge is 0.330 e. The number of carbonyl (C=O) groups is 1. The van der Waals surface area contributed by atoms with Crippen molar-refractivity contribution in [3.8, 4) is 0 Å². The first kappa shape index (κ1) is 11.1. The smallest absolute Gasteiger partial charge is 0.245 e. The summed E-state index contributed by atoms with van der Waals surface area (Å²) >= 11 is 0. The normalized spacial score (nSPS) is 20.5. The third-order valence-corrected chi connectivity index (χ3v) is 2.83. The van der Waals surface area contributed by atoms with Crippen LogP contribution < -0.4 is 16.2 Å². The van der Waals surface area contributed by atoms with Crippen LogP contribution in [-0.2, 0) is 11.2 Å². The molecular weight excluding hydrogens is 202 g/mol. The van der Waals surface area contributed by atoms with Gasteiger partial charge in [0.25, 0.3) is 0 Å². The van der Waals surface area contributed by atoms with E-state index in [4.69, 9.17) is 5.73 Å². The molecule has 16 heavy (non-hydrogen) atoms. The second-order valence-electron chi connectivity index (χ2n) is 4.14. The molecule has 0 radical (unpaired) electrons. The Balaban J connectivity index is 2.13. The van der Waals surface area contributed by atoms with Crippen LogP contribution in [0.4, 0.5) is 5.69 Å². The van der Waals surface area contributed by atoms with Crippen LogP contribution >= 0.6 is 0 Å². The summed E-state index contributed by atoms with van der Waals surface area (Å²) in [6.45, 7) is 3.29. The topological polar surface area (TPSA) is 58.4 Å². The fraction of sp³-hybridized carbons (Fsp3) is 0.417. The minimum absolute atomic E-state index is 0.0590. The van der Waals surface area contributed by atoms with Crippen LogP contribution in [0.1, 0.15) is 12.5 Å². The van der Waals surface area contributed by atoms with E-state index >= 15 is 0 Å². The van der Waals surface area contributed by atoms with E-state index in [1.807, 2.05) is 31.2 Å². The zero-order chi connectivity index (χ0) is 11.5. The number of benzene rings is 1. The van der Waals surface area contributed by atoms with E-state index < -0.39 is 0 Å². The third-order valence-electron chi connectivity index (χ3n) is 2.83. The summed E-state index contributed by atoms with van der Waals surface area (Å²) in [6, 6.07) is 7.93. The molecule has 1 aliphatic rings. The lowest BCUT2D eigenvalue weighted by molar-refractivity contribution is -0.119. The van der Waals surface area contributed by atoms with Gasteiger partial charge in [0.1, 0.15) is 0 Å². The summed E-state index contributed by atoms with van der Waals surface area (Å²) in [5, 5.41) is 1.62. The minimum atomic E-state index is 0.0590. The maximum atomic E-state index is 11.8. The number of hydrazine groups is 1. The number of rotatable bonds is 3. The number of hydrogen-bond acceptors (Lipinski definition) is 3. The number of nitrogens with two attached hydrogens (primary N) is 1. The molecule has 1 amide bonds. The lowest BCUT2D eigenvalue weighted by Crippen LogP contribution is -2.34. The summed E-state index contributed by atoms with van der Waals surface area (Å²) < 4.78 is 0. The van der Waals surface area contributed by atoms with Crippen molar-refractivity contribution >= 4 is 11.6 Å². The summed E-state index contributed by atoms with van der Waals surface area (Å²) in [5.41, 5.74) is 10.7. The Morgan fingerprint density at radius 3 is 2.62 bits per heavy atom. The molecular formula is C12H17N3O. The number of anilines is 1. The van der Waals surface area contributed by atoms with Crippen LogP contribution in [0.5, 0.6) is 0 Å². The first-order valence-corrected chi connectivity index (χ1v) is 5.59. The lowest BCUT2D eigenvalue weighted by atomic mass is 10.1. The molecule has 1 atom stereocenters. The summed E-state index contributed by atoms with van der Waals surface area (Å²) in [7, 11) is 0. The van der Waals surface area contributed by atoms with Gasteiger partial charge in [-0.3, -0.25) is 4.79 Å². The molecule has 1 aromatic carbocycles.